The lowest BCUT2D eigenvalue weighted by Crippen LogP contribution is -2.50. The average Bonchev–Trinajstić information content (AvgIpc) is 3.07. The molecular weight excluding hydrogens is 340 g/mol. The summed E-state index contributed by atoms with van der Waals surface area (Å²) in [6, 6.07) is 5.74. The molecule has 1 atom stereocenters. The Bertz CT molecular complexity index is 797. The molecule has 2 rings (SSSR count). The Morgan fingerprint density at radius 3 is 2.58 bits per heavy atom. The second kappa shape index (κ2) is 7.72. The van der Waals surface area contributed by atoms with Crippen molar-refractivity contribution in [1.29, 1.82) is 0 Å². The Hall–Kier alpha value is -3.30. The van der Waals surface area contributed by atoms with Crippen LogP contribution in [-0.4, -0.2) is 49.8 Å². The average molecular weight is 360 g/mol. The van der Waals surface area contributed by atoms with Gasteiger partial charge in [-0.15, -0.1) is 5.10 Å². The summed E-state index contributed by atoms with van der Waals surface area (Å²) in [6.45, 7) is 6.71. The quantitative estimate of drug-likeness (QED) is 0.773. The number of hydrogen-bond donors (Lipinski definition) is 2. The lowest BCUT2D eigenvalue weighted by molar-refractivity contribution is -0.127. The number of carbonyl (C=O) groups excluding carboxylic acids is 3. The van der Waals surface area contributed by atoms with Crippen molar-refractivity contribution in [2.24, 2.45) is 0 Å². The van der Waals surface area contributed by atoms with Crippen molar-refractivity contribution < 1.29 is 19.1 Å². The number of amides is 3. The van der Waals surface area contributed by atoms with E-state index in [-0.39, 0.29) is 5.56 Å². The maximum Gasteiger partial charge on any atom is 0.338 e. The molecule has 3 amide bonds. The number of nitrogens with one attached hydrogen (secondary N) is 2. The molecule has 0 fully saturated rings. The van der Waals surface area contributed by atoms with Crippen LogP contribution in [-0.2, 0) is 9.53 Å². The van der Waals surface area contributed by atoms with Crippen molar-refractivity contribution in [1.82, 2.24) is 30.8 Å². The van der Waals surface area contributed by atoms with Crippen molar-refractivity contribution in [2.75, 3.05) is 0 Å². The first-order chi connectivity index (χ1) is 12.2. The van der Waals surface area contributed by atoms with E-state index in [0.717, 1.165) is 0 Å². The number of urea groups is 1. The highest BCUT2D eigenvalue weighted by atomic mass is 16.5. The molecule has 1 aromatic carbocycles. The summed E-state index contributed by atoms with van der Waals surface area (Å²) in [5.41, 5.74) is 0.281. The summed E-state index contributed by atoms with van der Waals surface area (Å²) in [7, 11) is 0. The zero-order valence-corrected chi connectivity index (χ0v) is 14.9. The smallest absolute Gasteiger partial charge is 0.338 e. The van der Waals surface area contributed by atoms with Gasteiger partial charge in [-0.05, 0) is 56.3 Å². The van der Waals surface area contributed by atoms with E-state index >= 15 is 0 Å². The maximum absolute atomic E-state index is 12.2. The fraction of sp³-hybridized carbons (Fsp3) is 0.375. The number of tetrazole rings is 1. The van der Waals surface area contributed by atoms with Crippen molar-refractivity contribution in [3.05, 3.63) is 36.2 Å². The van der Waals surface area contributed by atoms with Crippen LogP contribution in [0.5, 0.6) is 0 Å². The number of ether oxygens (including phenoxy) is 1. The van der Waals surface area contributed by atoms with Gasteiger partial charge in [0.1, 0.15) is 6.33 Å². The van der Waals surface area contributed by atoms with Gasteiger partial charge in [0.25, 0.3) is 5.91 Å². The third kappa shape index (κ3) is 5.36. The predicted octanol–water partition coefficient (Wildman–Crippen LogP) is 0.832. The molecule has 2 aromatic rings. The number of benzene rings is 1. The molecule has 1 unspecified atom stereocenters. The number of hydrogen-bond acceptors (Lipinski definition) is 7. The van der Waals surface area contributed by atoms with Gasteiger partial charge in [0.2, 0.25) is 0 Å². The number of carbonyl (C=O) groups is 3. The normalized spacial score (nSPS) is 12.2. The first-order valence-electron chi connectivity index (χ1n) is 7.83. The molecule has 10 heteroatoms. The van der Waals surface area contributed by atoms with Gasteiger partial charge in [0, 0.05) is 5.54 Å². The van der Waals surface area contributed by atoms with Gasteiger partial charge in [0.15, 0.2) is 6.10 Å². The first-order valence-corrected chi connectivity index (χ1v) is 7.83. The number of nitrogens with zero attached hydrogens (tertiary/aromatic N) is 4. The Labute approximate surface area is 149 Å². The number of imide groups is 1. The van der Waals surface area contributed by atoms with Gasteiger partial charge in [-0.25, -0.2) is 14.3 Å². The molecule has 0 saturated heterocycles. The molecule has 0 aliphatic carbocycles. The Morgan fingerprint density at radius 2 is 1.96 bits per heavy atom. The van der Waals surface area contributed by atoms with Crippen molar-refractivity contribution in [2.45, 2.75) is 39.3 Å². The number of esters is 1. The molecule has 26 heavy (non-hydrogen) atoms. The van der Waals surface area contributed by atoms with Crippen LogP contribution in [0.3, 0.4) is 0 Å². The third-order valence-corrected chi connectivity index (χ3v) is 3.07. The van der Waals surface area contributed by atoms with Crippen LogP contribution in [0.15, 0.2) is 30.6 Å². The highest BCUT2D eigenvalue weighted by Crippen LogP contribution is 2.11. The van der Waals surface area contributed by atoms with E-state index in [0.29, 0.717) is 5.69 Å². The lowest BCUT2D eigenvalue weighted by atomic mass is 10.1. The summed E-state index contributed by atoms with van der Waals surface area (Å²) in [5, 5.41) is 15.5. The topological polar surface area (TPSA) is 128 Å². The highest BCUT2D eigenvalue weighted by molar-refractivity contribution is 5.98. The van der Waals surface area contributed by atoms with E-state index in [9.17, 15) is 14.4 Å². The molecular formula is C16H20N6O4. The van der Waals surface area contributed by atoms with Crippen LogP contribution in [0.2, 0.25) is 0 Å². The summed E-state index contributed by atoms with van der Waals surface area (Å²) < 4.78 is 6.49. The molecule has 10 nitrogen and oxygen atoms in total. The van der Waals surface area contributed by atoms with Gasteiger partial charge in [0.05, 0.1) is 11.3 Å². The number of aromatic nitrogens is 4. The van der Waals surface area contributed by atoms with Gasteiger partial charge < -0.3 is 10.1 Å². The monoisotopic (exact) mass is 360 g/mol. The van der Waals surface area contributed by atoms with E-state index in [2.05, 4.69) is 26.2 Å². The SMILES string of the molecule is CC(OC(=O)c1cccc(-n2cnnn2)c1)C(=O)NC(=O)NC(C)(C)C. The van der Waals surface area contributed by atoms with Gasteiger partial charge in [-0.3, -0.25) is 10.1 Å². The van der Waals surface area contributed by atoms with Crippen LogP contribution < -0.4 is 10.6 Å². The third-order valence-electron chi connectivity index (χ3n) is 3.07. The van der Waals surface area contributed by atoms with Crippen molar-refractivity contribution >= 4 is 17.9 Å². The Kier molecular flexibility index (Phi) is 5.65. The van der Waals surface area contributed by atoms with E-state index in [1.165, 1.54) is 30.1 Å². The summed E-state index contributed by atoms with van der Waals surface area (Å²) >= 11 is 0. The zero-order chi connectivity index (χ0) is 19.3. The number of rotatable bonds is 4. The summed E-state index contributed by atoms with van der Waals surface area (Å²) in [4.78, 5) is 35.9. The van der Waals surface area contributed by atoms with Gasteiger partial charge >= 0.3 is 12.0 Å². The standard InChI is InChI=1S/C16H20N6O4/c1-10(13(23)18-15(25)19-16(2,3)4)26-14(24)11-6-5-7-12(8-11)22-9-17-20-21-22/h5-10H,1-4H3,(H2,18,19,23,25). The Balaban J connectivity index is 1.97. The summed E-state index contributed by atoms with van der Waals surface area (Å²) in [5.74, 6) is -1.43. The molecule has 1 heterocycles. The minimum Gasteiger partial charge on any atom is -0.449 e. The fourth-order valence-electron chi connectivity index (χ4n) is 1.92. The van der Waals surface area contributed by atoms with E-state index < -0.39 is 29.6 Å². The second-order valence-corrected chi connectivity index (χ2v) is 6.55. The fourth-order valence-corrected chi connectivity index (χ4v) is 1.92. The summed E-state index contributed by atoms with van der Waals surface area (Å²) in [6.07, 6.45) is 0.235. The maximum atomic E-state index is 12.2. The van der Waals surface area contributed by atoms with E-state index in [1.807, 2.05) is 0 Å². The predicted molar refractivity (Wildman–Crippen MR) is 90.5 cm³/mol. The molecule has 2 N–H and O–H groups in total. The van der Waals surface area contributed by atoms with E-state index in [4.69, 9.17) is 4.74 Å². The van der Waals surface area contributed by atoms with Gasteiger partial charge in [-0.2, -0.15) is 0 Å². The van der Waals surface area contributed by atoms with E-state index in [1.54, 1.807) is 32.9 Å². The molecule has 0 spiro atoms. The van der Waals surface area contributed by atoms with Crippen molar-refractivity contribution in [3.63, 3.8) is 0 Å². The molecule has 1 aromatic heterocycles. The van der Waals surface area contributed by atoms with Crippen LogP contribution in [0, 0.1) is 0 Å². The minimum atomic E-state index is -1.15. The molecule has 138 valence electrons. The molecule has 0 radical (unpaired) electrons. The van der Waals surface area contributed by atoms with Crippen LogP contribution in [0.1, 0.15) is 38.1 Å². The van der Waals surface area contributed by atoms with Crippen molar-refractivity contribution in [3.8, 4) is 5.69 Å². The van der Waals surface area contributed by atoms with Crippen LogP contribution in [0.4, 0.5) is 4.79 Å². The first kappa shape index (κ1) is 19.0. The lowest BCUT2D eigenvalue weighted by Gasteiger charge is -2.21. The van der Waals surface area contributed by atoms with Crippen LogP contribution >= 0.6 is 0 Å². The minimum absolute atomic E-state index is 0.219. The highest BCUT2D eigenvalue weighted by Gasteiger charge is 2.22. The van der Waals surface area contributed by atoms with Crippen LogP contribution in [0.25, 0.3) is 5.69 Å². The molecule has 0 aliphatic heterocycles. The van der Waals surface area contributed by atoms with Gasteiger partial charge in [-0.1, -0.05) is 6.07 Å². The molecule has 0 saturated carbocycles. The molecule has 0 aliphatic rings. The Morgan fingerprint density at radius 1 is 1.23 bits per heavy atom. The molecule has 0 bridgehead atoms. The largest absolute Gasteiger partial charge is 0.449 e. The zero-order valence-electron chi connectivity index (χ0n) is 14.9. The second-order valence-electron chi connectivity index (χ2n) is 6.55.